The summed E-state index contributed by atoms with van der Waals surface area (Å²) in [5, 5.41) is 3.45. The third-order valence-corrected chi connectivity index (χ3v) is 8.73. The largest absolute Gasteiger partial charge is 0.304 e. The Labute approximate surface area is 176 Å². The Morgan fingerprint density at radius 3 is 2.62 bits per heavy atom. The van der Waals surface area contributed by atoms with E-state index < -0.39 is 10.0 Å². The molecule has 0 bridgehead atoms. The van der Waals surface area contributed by atoms with Crippen molar-refractivity contribution < 1.29 is 13.2 Å². The van der Waals surface area contributed by atoms with E-state index in [2.05, 4.69) is 15.2 Å². The van der Waals surface area contributed by atoms with Crippen LogP contribution < -0.4 is 5.32 Å². The highest BCUT2D eigenvalue weighted by atomic mass is 32.2. The zero-order valence-corrected chi connectivity index (χ0v) is 18.4. The Morgan fingerprint density at radius 1 is 1.17 bits per heavy atom. The van der Waals surface area contributed by atoms with Crippen molar-refractivity contribution in [1.82, 2.24) is 14.2 Å². The number of aromatic nitrogens is 1. The maximum Gasteiger partial charge on any atom is 0.243 e. The molecule has 4 rings (SSSR count). The van der Waals surface area contributed by atoms with Crippen LogP contribution >= 0.6 is 11.3 Å². The lowest BCUT2D eigenvalue weighted by Gasteiger charge is -2.31. The zero-order valence-electron chi connectivity index (χ0n) is 16.8. The molecule has 2 aliphatic rings. The van der Waals surface area contributed by atoms with Crippen molar-refractivity contribution in [2.45, 2.75) is 43.4 Å². The second-order valence-electron chi connectivity index (χ2n) is 8.11. The number of nitrogens with one attached hydrogen (secondary N) is 1. The highest BCUT2D eigenvalue weighted by Gasteiger charge is 2.28. The average Bonchev–Trinajstić information content (AvgIpc) is 3.10. The molecule has 2 aromatic rings. The van der Waals surface area contributed by atoms with Gasteiger partial charge in [-0.15, -0.1) is 0 Å². The molecule has 1 amide bonds. The van der Waals surface area contributed by atoms with Crippen LogP contribution in [0.4, 0.5) is 5.13 Å². The van der Waals surface area contributed by atoms with Gasteiger partial charge in [-0.25, -0.2) is 13.4 Å². The average molecular weight is 437 g/mol. The topological polar surface area (TPSA) is 82.6 Å². The lowest BCUT2D eigenvalue weighted by molar-refractivity contribution is -0.117. The third-order valence-electron chi connectivity index (χ3n) is 5.91. The van der Waals surface area contributed by atoms with E-state index in [1.807, 2.05) is 7.05 Å². The number of carbonyl (C=O) groups excluding carboxylic acids is 1. The standard InChI is InChI=1S/C20H28N4O3S2/c1-23-9-11-24(12-10-23)29(26,27)16-7-8-17-18(14-16)28-20(21-17)22-19(25)13-15-5-3-2-4-6-15/h7-8,14-15H,2-6,9-13H2,1H3,(H,21,22,25). The lowest BCUT2D eigenvalue weighted by Crippen LogP contribution is -2.46. The smallest absolute Gasteiger partial charge is 0.243 e. The van der Waals surface area contributed by atoms with E-state index in [1.54, 1.807) is 22.5 Å². The van der Waals surface area contributed by atoms with Crippen molar-refractivity contribution in [3.8, 4) is 0 Å². The zero-order chi connectivity index (χ0) is 20.4. The summed E-state index contributed by atoms with van der Waals surface area (Å²) < 4.78 is 28.2. The number of likely N-dealkylation sites (N-methyl/N-ethyl adjacent to an activating group) is 1. The number of piperazine rings is 1. The summed E-state index contributed by atoms with van der Waals surface area (Å²) in [4.78, 5) is 19.2. The molecule has 0 radical (unpaired) electrons. The number of rotatable bonds is 5. The Kier molecular flexibility index (Phi) is 6.19. The first kappa shape index (κ1) is 20.7. The molecule has 158 valence electrons. The molecule has 0 unspecified atom stereocenters. The van der Waals surface area contributed by atoms with Gasteiger partial charge in [0.05, 0.1) is 15.1 Å². The second kappa shape index (κ2) is 8.67. The number of hydrogen-bond donors (Lipinski definition) is 1. The Balaban J connectivity index is 1.46. The molecule has 9 heteroatoms. The molecule has 2 heterocycles. The highest BCUT2D eigenvalue weighted by molar-refractivity contribution is 7.89. The number of anilines is 1. The number of nitrogens with zero attached hydrogens (tertiary/aromatic N) is 3. The quantitative estimate of drug-likeness (QED) is 0.779. The molecule has 1 aliphatic heterocycles. The number of amides is 1. The fraction of sp³-hybridized carbons (Fsp3) is 0.600. The number of thiazole rings is 1. The molecular formula is C20H28N4O3S2. The van der Waals surface area contributed by atoms with Crippen LogP contribution in [0.1, 0.15) is 38.5 Å². The van der Waals surface area contributed by atoms with Gasteiger partial charge in [-0.3, -0.25) is 4.79 Å². The molecule has 2 fully saturated rings. The van der Waals surface area contributed by atoms with Crippen molar-refractivity contribution in [1.29, 1.82) is 0 Å². The molecule has 1 saturated heterocycles. The monoisotopic (exact) mass is 436 g/mol. The fourth-order valence-electron chi connectivity index (χ4n) is 4.12. The summed E-state index contributed by atoms with van der Waals surface area (Å²) in [6, 6.07) is 5.02. The molecule has 0 atom stereocenters. The third kappa shape index (κ3) is 4.79. The fourth-order valence-corrected chi connectivity index (χ4v) is 6.57. The van der Waals surface area contributed by atoms with Crippen LogP contribution in [0, 0.1) is 5.92 Å². The first-order chi connectivity index (χ1) is 13.9. The molecule has 1 N–H and O–H groups in total. The van der Waals surface area contributed by atoms with Gasteiger partial charge in [0, 0.05) is 32.6 Å². The van der Waals surface area contributed by atoms with Gasteiger partial charge in [0.15, 0.2) is 5.13 Å². The molecule has 1 aromatic carbocycles. The number of benzene rings is 1. The Morgan fingerprint density at radius 2 is 1.90 bits per heavy atom. The Bertz CT molecular complexity index is 975. The van der Waals surface area contributed by atoms with Crippen molar-refractivity contribution in [3.05, 3.63) is 18.2 Å². The van der Waals surface area contributed by atoms with Crippen LogP contribution in [0.15, 0.2) is 23.1 Å². The minimum atomic E-state index is -3.51. The minimum Gasteiger partial charge on any atom is -0.304 e. The van der Waals surface area contributed by atoms with Gasteiger partial charge in [-0.2, -0.15) is 4.31 Å². The van der Waals surface area contributed by atoms with Crippen molar-refractivity contribution in [3.63, 3.8) is 0 Å². The van der Waals surface area contributed by atoms with Crippen LogP contribution in [0.25, 0.3) is 10.2 Å². The van der Waals surface area contributed by atoms with Crippen LogP contribution in [-0.2, 0) is 14.8 Å². The summed E-state index contributed by atoms with van der Waals surface area (Å²) >= 11 is 1.33. The summed E-state index contributed by atoms with van der Waals surface area (Å²) in [6.07, 6.45) is 6.49. The van der Waals surface area contributed by atoms with Gasteiger partial charge in [-0.05, 0) is 44.0 Å². The normalized spacial score (nSPS) is 20.2. The lowest BCUT2D eigenvalue weighted by atomic mass is 9.87. The van der Waals surface area contributed by atoms with E-state index >= 15 is 0 Å². The van der Waals surface area contributed by atoms with Gasteiger partial charge in [0.1, 0.15) is 0 Å². The molecule has 1 aromatic heterocycles. The summed E-state index contributed by atoms with van der Waals surface area (Å²) in [7, 11) is -1.51. The second-order valence-corrected chi connectivity index (χ2v) is 11.1. The van der Waals surface area contributed by atoms with E-state index in [9.17, 15) is 13.2 Å². The van der Waals surface area contributed by atoms with E-state index in [4.69, 9.17) is 0 Å². The predicted octanol–water partition coefficient (Wildman–Crippen LogP) is 3.14. The van der Waals surface area contributed by atoms with Gasteiger partial charge in [0.25, 0.3) is 0 Å². The van der Waals surface area contributed by atoms with E-state index in [0.717, 1.165) is 30.6 Å². The van der Waals surface area contributed by atoms with Gasteiger partial charge in [-0.1, -0.05) is 30.6 Å². The summed E-state index contributed by atoms with van der Waals surface area (Å²) in [5.41, 5.74) is 0.709. The van der Waals surface area contributed by atoms with E-state index in [0.29, 0.717) is 41.0 Å². The molecule has 7 nitrogen and oxygen atoms in total. The van der Waals surface area contributed by atoms with E-state index in [1.165, 1.54) is 30.6 Å². The molecule has 1 aliphatic carbocycles. The van der Waals surface area contributed by atoms with Crippen molar-refractivity contribution in [2.24, 2.45) is 5.92 Å². The van der Waals surface area contributed by atoms with Crippen LogP contribution in [0.2, 0.25) is 0 Å². The number of sulfonamides is 1. The summed E-state index contributed by atoms with van der Waals surface area (Å²) in [6.45, 7) is 2.47. The number of carbonyl (C=O) groups is 1. The van der Waals surface area contributed by atoms with Gasteiger partial charge < -0.3 is 10.2 Å². The van der Waals surface area contributed by atoms with Crippen LogP contribution in [0.5, 0.6) is 0 Å². The van der Waals surface area contributed by atoms with Crippen molar-refractivity contribution in [2.75, 3.05) is 38.5 Å². The maximum absolute atomic E-state index is 13.0. The minimum absolute atomic E-state index is 0.00115. The summed E-state index contributed by atoms with van der Waals surface area (Å²) in [5.74, 6) is 0.472. The maximum atomic E-state index is 13.0. The predicted molar refractivity (Wildman–Crippen MR) is 116 cm³/mol. The van der Waals surface area contributed by atoms with Crippen LogP contribution in [-0.4, -0.2) is 61.7 Å². The van der Waals surface area contributed by atoms with E-state index in [-0.39, 0.29) is 5.91 Å². The number of fused-ring (bicyclic) bond motifs is 1. The first-order valence-corrected chi connectivity index (χ1v) is 12.6. The Hall–Kier alpha value is -1.55. The number of hydrogen-bond acceptors (Lipinski definition) is 6. The van der Waals surface area contributed by atoms with Crippen LogP contribution in [0.3, 0.4) is 0 Å². The highest BCUT2D eigenvalue weighted by Crippen LogP contribution is 2.31. The van der Waals surface area contributed by atoms with Crippen molar-refractivity contribution >= 4 is 42.6 Å². The SMILES string of the molecule is CN1CCN(S(=O)(=O)c2ccc3nc(NC(=O)CC4CCCCC4)sc3c2)CC1. The first-order valence-electron chi connectivity index (χ1n) is 10.3. The molecular weight excluding hydrogens is 408 g/mol. The molecule has 1 saturated carbocycles. The van der Waals surface area contributed by atoms with Gasteiger partial charge in [0.2, 0.25) is 15.9 Å². The van der Waals surface area contributed by atoms with Gasteiger partial charge >= 0.3 is 0 Å². The molecule has 0 spiro atoms. The molecule has 29 heavy (non-hydrogen) atoms.